The molecule has 1 aromatic rings. The molecule has 0 fully saturated rings. The van der Waals surface area contributed by atoms with E-state index in [1.807, 2.05) is 0 Å². The molecule has 0 aliphatic rings. The SMILES string of the molecule is COc1nccc(Cl)c1CCCCN. The number of pyridine rings is 1. The largest absolute Gasteiger partial charge is 0.481 e. The lowest BCUT2D eigenvalue weighted by Crippen LogP contribution is -2.01. The number of unbranched alkanes of at least 4 members (excludes halogenated alkanes) is 1. The van der Waals surface area contributed by atoms with Crippen LogP contribution in [0.5, 0.6) is 5.88 Å². The van der Waals surface area contributed by atoms with E-state index in [0.717, 1.165) is 24.8 Å². The highest BCUT2D eigenvalue weighted by atomic mass is 35.5. The van der Waals surface area contributed by atoms with Crippen LogP contribution in [0, 0.1) is 0 Å². The first kappa shape index (κ1) is 11.3. The van der Waals surface area contributed by atoms with Crippen LogP contribution in [0.3, 0.4) is 0 Å². The summed E-state index contributed by atoms with van der Waals surface area (Å²) < 4.78 is 5.13. The minimum atomic E-state index is 0.620. The molecule has 14 heavy (non-hydrogen) atoms. The van der Waals surface area contributed by atoms with Gasteiger partial charge in [0.15, 0.2) is 0 Å². The second-order valence-corrected chi connectivity index (χ2v) is 3.43. The lowest BCUT2D eigenvalue weighted by molar-refractivity contribution is 0.392. The maximum Gasteiger partial charge on any atom is 0.217 e. The Morgan fingerprint density at radius 3 is 2.93 bits per heavy atom. The van der Waals surface area contributed by atoms with E-state index in [-0.39, 0.29) is 0 Å². The first-order valence-electron chi connectivity index (χ1n) is 4.67. The summed E-state index contributed by atoms with van der Waals surface area (Å²) in [5, 5.41) is 0.717. The van der Waals surface area contributed by atoms with Crippen molar-refractivity contribution in [3.63, 3.8) is 0 Å². The third kappa shape index (κ3) is 2.86. The van der Waals surface area contributed by atoms with Gasteiger partial charge in [-0.1, -0.05) is 11.6 Å². The van der Waals surface area contributed by atoms with Crippen LogP contribution in [0.15, 0.2) is 12.3 Å². The average Bonchev–Trinajstić information content (AvgIpc) is 2.20. The monoisotopic (exact) mass is 214 g/mol. The molecular weight excluding hydrogens is 200 g/mol. The third-order valence-electron chi connectivity index (χ3n) is 2.03. The maximum absolute atomic E-state index is 6.04. The van der Waals surface area contributed by atoms with E-state index < -0.39 is 0 Å². The van der Waals surface area contributed by atoms with Crippen molar-refractivity contribution in [1.82, 2.24) is 4.98 Å². The summed E-state index contributed by atoms with van der Waals surface area (Å²) in [4.78, 5) is 4.10. The number of methoxy groups -OCH3 is 1. The smallest absolute Gasteiger partial charge is 0.217 e. The van der Waals surface area contributed by atoms with Crippen LogP contribution in [0.2, 0.25) is 5.02 Å². The molecule has 0 aromatic carbocycles. The van der Waals surface area contributed by atoms with Crippen molar-refractivity contribution in [2.75, 3.05) is 13.7 Å². The van der Waals surface area contributed by atoms with Gasteiger partial charge in [0.05, 0.1) is 12.1 Å². The molecule has 3 nitrogen and oxygen atoms in total. The minimum Gasteiger partial charge on any atom is -0.481 e. The van der Waals surface area contributed by atoms with Crippen molar-refractivity contribution in [3.8, 4) is 5.88 Å². The molecule has 0 bridgehead atoms. The fraction of sp³-hybridized carbons (Fsp3) is 0.500. The van der Waals surface area contributed by atoms with Crippen molar-refractivity contribution in [2.45, 2.75) is 19.3 Å². The molecule has 0 amide bonds. The molecule has 1 aromatic heterocycles. The number of hydrogen-bond donors (Lipinski definition) is 1. The van der Waals surface area contributed by atoms with Gasteiger partial charge in [-0.2, -0.15) is 0 Å². The van der Waals surface area contributed by atoms with E-state index in [9.17, 15) is 0 Å². The topological polar surface area (TPSA) is 48.1 Å². The number of aromatic nitrogens is 1. The van der Waals surface area contributed by atoms with Crippen LogP contribution in [0.4, 0.5) is 0 Å². The molecule has 2 N–H and O–H groups in total. The van der Waals surface area contributed by atoms with Crippen LogP contribution in [0.1, 0.15) is 18.4 Å². The average molecular weight is 215 g/mol. The summed E-state index contributed by atoms with van der Waals surface area (Å²) in [6.45, 7) is 0.709. The lowest BCUT2D eigenvalue weighted by atomic mass is 10.1. The Morgan fingerprint density at radius 1 is 1.50 bits per heavy atom. The Labute approximate surface area is 89.2 Å². The van der Waals surface area contributed by atoms with Gasteiger partial charge >= 0.3 is 0 Å². The first-order chi connectivity index (χ1) is 6.79. The Kier molecular flexibility index (Phi) is 4.70. The molecule has 78 valence electrons. The summed E-state index contributed by atoms with van der Waals surface area (Å²) in [6.07, 6.45) is 4.52. The summed E-state index contributed by atoms with van der Waals surface area (Å²) >= 11 is 6.04. The van der Waals surface area contributed by atoms with Crippen LogP contribution >= 0.6 is 11.6 Å². The van der Waals surface area contributed by atoms with E-state index in [0.29, 0.717) is 17.4 Å². The fourth-order valence-corrected chi connectivity index (χ4v) is 1.53. The van der Waals surface area contributed by atoms with Gasteiger partial charge in [-0.25, -0.2) is 4.98 Å². The van der Waals surface area contributed by atoms with E-state index in [1.165, 1.54) is 0 Å². The maximum atomic E-state index is 6.04. The molecular formula is C10H15ClN2O. The van der Waals surface area contributed by atoms with Crippen molar-refractivity contribution in [3.05, 3.63) is 22.8 Å². The van der Waals surface area contributed by atoms with E-state index >= 15 is 0 Å². The molecule has 1 heterocycles. The molecule has 0 spiro atoms. The molecule has 0 aliphatic carbocycles. The number of rotatable bonds is 5. The van der Waals surface area contributed by atoms with Gasteiger partial charge in [0.25, 0.3) is 0 Å². The highest BCUT2D eigenvalue weighted by Gasteiger charge is 2.07. The number of nitrogens with two attached hydrogens (primary N) is 1. The third-order valence-corrected chi connectivity index (χ3v) is 2.39. The van der Waals surface area contributed by atoms with Gasteiger partial charge in [0.2, 0.25) is 5.88 Å². The zero-order valence-electron chi connectivity index (χ0n) is 8.29. The first-order valence-corrected chi connectivity index (χ1v) is 5.04. The van der Waals surface area contributed by atoms with Crippen LogP contribution in [-0.4, -0.2) is 18.6 Å². The van der Waals surface area contributed by atoms with E-state index in [4.69, 9.17) is 22.1 Å². The number of ether oxygens (including phenoxy) is 1. The van der Waals surface area contributed by atoms with E-state index in [1.54, 1.807) is 19.4 Å². The summed E-state index contributed by atoms with van der Waals surface area (Å²) in [5.74, 6) is 0.620. The summed E-state index contributed by atoms with van der Waals surface area (Å²) in [5.41, 5.74) is 6.40. The zero-order chi connectivity index (χ0) is 10.4. The number of hydrogen-bond acceptors (Lipinski definition) is 3. The Hall–Kier alpha value is -0.800. The Bertz CT molecular complexity index is 291. The van der Waals surface area contributed by atoms with Gasteiger partial charge in [0, 0.05) is 11.8 Å². The molecule has 0 unspecified atom stereocenters. The van der Waals surface area contributed by atoms with Crippen molar-refractivity contribution in [2.24, 2.45) is 5.73 Å². The lowest BCUT2D eigenvalue weighted by Gasteiger charge is -2.08. The number of nitrogens with zero attached hydrogens (tertiary/aromatic N) is 1. The van der Waals surface area contributed by atoms with Crippen molar-refractivity contribution >= 4 is 11.6 Å². The molecule has 0 atom stereocenters. The predicted octanol–water partition coefficient (Wildman–Crippen LogP) is 2.02. The summed E-state index contributed by atoms with van der Waals surface area (Å²) in [6, 6.07) is 1.78. The second-order valence-electron chi connectivity index (χ2n) is 3.03. The van der Waals surface area contributed by atoms with Gasteiger partial charge in [-0.05, 0) is 31.9 Å². The predicted molar refractivity (Wildman–Crippen MR) is 57.8 cm³/mol. The molecule has 0 aliphatic heterocycles. The molecule has 0 saturated heterocycles. The highest BCUT2D eigenvalue weighted by molar-refractivity contribution is 6.31. The zero-order valence-corrected chi connectivity index (χ0v) is 9.05. The highest BCUT2D eigenvalue weighted by Crippen LogP contribution is 2.25. The number of halogens is 1. The fourth-order valence-electron chi connectivity index (χ4n) is 1.30. The minimum absolute atomic E-state index is 0.620. The van der Waals surface area contributed by atoms with Crippen LogP contribution < -0.4 is 10.5 Å². The quantitative estimate of drug-likeness (QED) is 0.763. The standard InChI is InChI=1S/C10H15ClN2O/c1-14-10-8(4-2-3-6-12)9(11)5-7-13-10/h5,7H,2-4,6,12H2,1H3. The van der Waals surface area contributed by atoms with Crippen LogP contribution in [-0.2, 0) is 6.42 Å². The molecule has 4 heteroatoms. The second kappa shape index (κ2) is 5.83. The van der Waals surface area contributed by atoms with Crippen LogP contribution in [0.25, 0.3) is 0 Å². The van der Waals surface area contributed by atoms with Crippen molar-refractivity contribution < 1.29 is 4.74 Å². The van der Waals surface area contributed by atoms with Gasteiger partial charge in [0.1, 0.15) is 0 Å². The molecule has 1 rings (SSSR count). The van der Waals surface area contributed by atoms with Gasteiger partial charge < -0.3 is 10.5 Å². The Balaban J connectivity index is 2.72. The Morgan fingerprint density at radius 2 is 2.29 bits per heavy atom. The normalized spacial score (nSPS) is 10.2. The van der Waals surface area contributed by atoms with Gasteiger partial charge in [-0.3, -0.25) is 0 Å². The molecule has 0 radical (unpaired) electrons. The van der Waals surface area contributed by atoms with Crippen molar-refractivity contribution in [1.29, 1.82) is 0 Å². The van der Waals surface area contributed by atoms with Gasteiger partial charge in [-0.15, -0.1) is 0 Å². The summed E-state index contributed by atoms with van der Waals surface area (Å²) in [7, 11) is 1.60. The van der Waals surface area contributed by atoms with E-state index in [2.05, 4.69) is 4.98 Å². The molecule has 0 saturated carbocycles.